The molecule has 2 aromatic carbocycles. The van der Waals surface area contributed by atoms with Crippen LogP contribution in [0.4, 0.5) is 0 Å². The van der Waals surface area contributed by atoms with Crippen molar-refractivity contribution in [1.29, 1.82) is 0 Å². The average Bonchev–Trinajstić information content (AvgIpc) is 3.17. The Balaban J connectivity index is 2.15. The smallest absolute Gasteiger partial charge is 0.294 e. The van der Waals surface area contributed by atoms with Gasteiger partial charge in [0.05, 0.1) is 10.8 Å². The van der Waals surface area contributed by atoms with Crippen LogP contribution in [0, 0.1) is 0 Å². The van der Waals surface area contributed by atoms with E-state index in [0.717, 1.165) is 11.1 Å². The van der Waals surface area contributed by atoms with Crippen molar-refractivity contribution < 1.29 is 17.9 Å². The third kappa shape index (κ3) is 3.49. The molecule has 0 saturated carbocycles. The van der Waals surface area contributed by atoms with Crippen LogP contribution in [0.5, 0.6) is 0 Å². The number of nitrogens with one attached hydrogen (secondary N) is 1. The lowest BCUT2D eigenvalue weighted by Gasteiger charge is -2.25. The molecule has 0 fully saturated rings. The lowest BCUT2D eigenvalue weighted by molar-refractivity contribution is -0.130. The number of aromatic amines is 1. The Morgan fingerprint density at radius 3 is 2.08 bits per heavy atom. The minimum Gasteiger partial charge on any atom is -0.447 e. The Bertz CT molecular complexity index is 907. The first-order valence-electron chi connectivity index (χ1n) is 7.70. The Labute approximate surface area is 146 Å². The lowest BCUT2D eigenvalue weighted by Crippen LogP contribution is -2.32. The van der Waals surface area contributed by atoms with E-state index >= 15 is 0 Å². The van der Waals surface area contributed by atoms with E-state index in [4.69, 9.17) is 4.74 Å². The first-order chi connectivity index (χ1) is 12.1. The van der Waals surface area contributed by atoms with Gasteiger partial charge in [0.1, 0.15) is 0 Å². The summed E-state index contributed by atoms with van der Waals surface area (Å²) in [6.45, 7) is 0.188. The van der Waals surface area contributed by atoms with E-state index in [-0.39, 0.29) is 11.4 Å². The van der Waals surface area contributed by atoms with Gasteiger partial charge in [-0.3, -0.25) is 4.79 Å². The molecule has 0 aliphatic heterocycles. The highest BCUT2D eigenvalue weighted by Crippen LogP contribution is 2.34. The summed E-state index contributed by atoms with van der Waals surface area (Å²) in [4.78, 5) is 14.1. The van der Waals surface area contributed by atoms with E-state index in [2.05, 4.69) is 4.98 Å². The minimum absolute atomic E-state index is 0.110. The van der Waals surface area contributed by atoms with Gasteiger partial charge < -0.3 is 9.72 Å². The summed E-state index contributed by atoms with van der Waals surface area (Å²) in [5, 5.41) is 0. The highest BCUT2D eigenvalue weighted by atomic mass is 32.2. The quantitative estimate of drug-likeness (QED) is 0.661. The molecule has 128 valence electrons. The molecule has 5 nitrogen and oxygen atoms in total. The number of sulfone groups is 1. The van der Waals surface area contributed by atoms with Crippen molar-refractivity contribution in [3.63, 3.8) is 0 Å². The van der Waals surface area contributed by atoms with Crippen molar-refractivity contribution in [3.8, 4) is 0 Å². The molecule has 0 aliphatic rings. The molecule has 0 aliphatic carbocycles. The van der Waals surface area contributed by atoms with Crippen LogP contribution in [0.25, 0.3) is 0 Å². The summed E-state index contributed by atoms with van der Waals surface area (Å²) in [5.41, 5.74) is 0.0941. The van der Waals surface area contributed by atoms with Crippen molar-refractivity contribution >= 4 is 16.3 Å². The van der Waals surface area contributed by atoms with E-state index < -0.39 is 21.2 Å². The Hall–Kier alpha value is -2.86. The Morgan fingerprint density at radius 2 is 1.52 bits per heavy atom. The average molecular weight is 355 g/mol. The number of carbonyl (C=O) groups is 1. The number of aromatic nitrogens is 1. The fourth-order valence-electron chi connectivity index (χ4n) is 2.83. The number of benzene rings is 2. The highest BCUT2D eigenvalue weighted by Gasteiger charge is 2.38. The van der Waals surface area contributed by atoms with Gasteiger partial charge in [-0.25, -0.2) is 8.42 Å². The predicted molar refractivity (Wildman–Crippen MR) is 93.6 cm³/mol. The van der Waals surface area contributed by atoms with Crippen molar-refractivity contribution in [2.24, 2.45) is 0 Å². The normalized spacial score (nSPS) is 13.8. The van der Waals surface area contributed by atoms with Gasteiger partial charge in [0.15, 0.2) is 0 Å². The maximum Gasteiger partial charge on any atom is 0.294 e. The van der Waals surface area contributed by atoms with E-state index in [1.807, 2.05) is 30.3 Å². The molecule has 1 heterocycles. The van der Waals surface area contributed by atoms with Gasteiger partial charge in [0.25, 0.3) is 6.47 Å². The van der Waals surface area contributed by atoms with E-state index in [1.165, 1.54) is 12.1 Å². The van der Waals surface area contributed by atoms with Crippen LogP contribution < -0.4 is 0 Å². The standard InChI is InChI=1S/C19H17NO4S/c21-14-24-19(25(22,23)17-9-5-2-6-10-17)18(16-11-12-20-13-16)15-7-3-1-4-8-15/h1-14,18-20H. The zero-order valence-corrected chi connectivity index (χ0v) is 14.1. The van der Waals surface area contributed by atoms with Gasteiger partial charge in [0, 0.05) is 12.4 Å². The zero-order chi connectivity index (χ0) is 17.7. The van der Waals surface area contributed by atoms with Crippen LogP contribution in [0.1, 0.15) is 17.0 Å². The van der Waals surface area contributed by atoms with Gasteiger partial charge >= 0.3 is 0 Å². The molecule has 0 saturated heterocycles. The van der Waals surface area contributed by atoms with Crippen molar-refractivity contribution in [1.82, 2.24) is 4.98 Å². The van der Waals surface area contributed by atoms with Gasteiger partial charge in [-0.2, -0.15) is 0 Å². The van der Waals surface area contributed by atoms with Gasteiger partial charge in [0.2, 0.25) is 15.3 Å². The highest BCUT2D eigenvalue weighted by molar-refractivity contribution is 7.92. The van der Waals surface area contributed by atoms with Crippen molar-refractivity contribution in [3.05, 3.63) is 90.3 Å². The molecule has 1 aromatic heterocycles. The summed E-state index contributed by atoms with van der Waals surface area (Å²) in [5.74, 6) is -0.650. The molecule has 2 atom stereocenters. The Morgan fingerprint density at radius 1 is 0.880 bits per heavy atom. The number of hydrogen-bond acceptors (Lipinski definition) is 4. The second-order valence-electron chi connectivity index (χ2n) is 5.49. The van der Waals surface area contributed by atoms with Crippen molar-refractivity contribution in [2.75, 3.05) is 0 Å². The monoisotopic (exact) mass is 355 g/mol. The number of ether oxygens (including phenoxy) is 1. The van der Waals surface area contributed by atoms with E-state index in [9.17, 15) is 13.2 Å². The van der Waals surface area contributed by atoms with E-state index in [1.54, 1.807) is 36.7 Å². The van der Waals surface area contributed by atoms with Crippen molar-refractivity contribution in [2.45, 2.75) is 16.2 Å². The molecular weight excluding hydrogens is 338 g/mol. The van der Waals surface area contributed by atoms with Gasteiger partial charge in [-0.05, 0) is 29.3 Å². The lowest BCUT2D eigenvalue weighted by atomic mass is 9.94. The molecular formula is C19H17NO4S. The fraction of sp³-hybridized carbons (Fsp3) is 0.105. The summed E-state index contributed by atoms with van der Waals surface area (Å²) >= 11 is 0. The Kier molecular flexibility index (Phi) is 5.00. The van der Waals surface area contributed by atoms with Gasteiger partial charge in [-0.15, -0.1) is 0 Å². The first-order valence-corrected chi connectivity index (χ1v) is 9.25. The number of H-pyrrole nitrogens is 1. The molecule has 3 rings (SSSR count). The van der Waals surface area contributed by atoms with Crippen LogP contribution in [-0.2, 0) is 19.4 Å². The maximum absolute atomic E-state index is 13.1. The largest absolute Gasteiger partial charge is 0.447 e. The van der Waals surface area contributed by atoms with Crippen LogP contribution in [-0.4, -0.2) is 25.3 Å². The number of carbonyl (C=O) groups excluding carboxylic acids is 1. The predicted octanol–water partition coefficient (Wildman–Crippen LogP) is 3.12. The molecule has 6 heteroatoms. The summed E-state index contributed by atoms with van der Waals surface area (Å²) < 4.78 is 31.4. The first kappa shape index (κ1) is 17.0. The molecule has 0 amide bonds. The topological polar surface area (TPSA) is 76.2 Å². The molecule has 2 unspecified atom stereocenters. The summed E-state index contributed by atoms with van der Waals surface area (Å²) in [6, 6.07) is 18.9. The number of hydrogen-bond donors (Lipinski definition) is 1. The molecule has 25 heavy (non-hydrogen) atoms. The van der Waals surface area contributed by atoms with Crippen LogP contribution in [0.2, 0.25) is 0 Å². The van der Waals surface area contributed by atoms with Crippen LogP contribution >= 0.6 is 0 Å². The fourth-order valence-corrected chi connectivity index (χ4v) is 4.50. The SMILES string of the molecule is O=COC(C(c1ccccc1)c1cc[nH]c1)S(=O)(=O)c1ccccc1. The molecule has 0 bridgehead atoms. The van der Waals surface area contributed by atoms with Gasteiger partial charge in [-0.1, -0.05) is 48.5 Å². The van der Waals surface area contributed by atoms with Crippen LogP contribution in [0.15, 0.2) is 84.0 Å². The molecule has 0 radical (unpaired) electrons. The van der Waals surface area contributed by atoms with Crippen LogP contribution in [0.3, 0.4) is 0 Å². The zero-order valence-electron chi connectivity index (χ0n) is 13.3. The third-order valence-corrected chi connectivity index (χ3v) is 5.90. The maximum atomic E-state index is 13.1. The third-order valence-electron chi connectivity index (χ3n) is 3.98. The second kappa shape index (κ2) is 7.36. The number of rotatable bonds is 7. The molecule has 1 N–H and O–H groups in total. The summed E-state index contributed by atoms with van der Waals surface area (Å²) in [6.07, 6.45) is 3.41. The molecule has 0 spiro atoms. The van der Waals surface area contributed by atoms with E-state index in [0.29, 0.717) is 0 Å². The summed E-state index contributed by atoms with van der Waals surface area (Å²) in [7, 11) is -3.90. The minimum atomic E-state index is -3.90. The molecule has 3 aromatic rings. The second-order valence-corrected chi connectivity index (χ2v) is 7.52.